The molecule has 2 heterocycles. The summed E-state index contributed by atoms with van der Waals surface area (Å²) < 4.78 is 0. The number of aromatic amines is 1. The highest BCUT2D eigenvalue weighted by Crippen LogP contribution is 2.14. The molecule has 114 valence electrons. The number of hydrogen-bond donors (Lipinski definition) is 2. The fourth-order valence-electron chi connectivity index (χ4n) is 2.43. The minimum absolute atomic E-state index is 0.189. The zero-order chi connectivity index (χ0) is 15.1. The zero-order valence-corrected chi connectivity index (χ0v) is 12.6. The van der Waals surface area contributed by atoms with Crippen molar-refractivity contribution in [2.24, 2.45) is 0 Å². The number of nitrogens with one attached hydrogen (secondary N) is 1. The highest BCUT2D eigenvalue weighted by Gasteiger charge is 2.08. The van der Waals surface area contributed by atoms with Crippen LogP contribution in [0.2, 0.25) is 0 Å². The zero-order valence-electron chi connectivity index (χ0n) is 12.6. The number of H-pyrrole nitrogens is 1. The van der Waals surface area contributed by atoms with Gasteiger partial charge in [-0.2, -0.15) is 0 Å². The molecule has 0 radical (unpaired) electrons. The summed E-state index contributed by atoms with van der Waals surface area (Å²) >= 11 is 0. The predicted octanol–water partition coefficient (Wildman–Crippen LogP) is 3.95. The third-order valence-corrected chi connectivity index (χ3v) is 3.65. The van der Waals surface area contributed by atoms with Gasteiger partial charge in [0.1, 0.15) is 5.82 Å². The van der Waals surface area contributed by atoms with E-state index >= 15 is 0 Å². The quantitative estimate of drug-likeness (QED) is 0.685. The Morgan fingerprint density at radius 1 is 1.19 bits per heavy atom. The summed E-state index contributed by atoms with van der Waals surface area (Å²) in [7, 11) is 0. The number of carboxylic acids is 1. The van der Waals surface area contributed by atoms with Crippen LogP contribution in [0.1, 0.15) is 68.1 Å². The normalized spacial score (nSPS) is 11.1. The molecule has 0 fully saturated rings. The molecule has 0 spiro atoms. The standard InChI is InChI=1S/C16H23N3O2/c1-2-3-4-5-6-7-8-9-14-18-13-10-12(16(20)21)11-17-15(13)19-14/h10-11H,2-9H2,1H3,(H,20,21)(H,17,18,19). The van der Waals surface area contributed by atoms with Crippen LogP contribution in [0.4, 0.5) is 0 Å². The molecule has 2 rings (SSSR count). The molecule has 0 aromatic carbocycles. The summed E-state index contributed by atoms with van der Waals surface area (Å²) in [6.45, 7) is 2.23. The molecule has 0 saturated heterocycles. The summed E-state index contributed by atoms with van der Waals surface area (Å²) in [6, 6.07) is 1.59. The van der Waals surface area contributed by atoms with Crippen LogP contribution in [0, 0.1) is 0 Å². The van der Waals surface area contributed by atoms with Gasteiger partial charge in [-0.05, 0) is 12.5 Å². The van der Waals surface area contributed by atoms with Crippen LogP contribution in [-0.4, -0.2) is 26.0 Å². The number of aromatic carboxylic acids is 1. The molecule has 0 amide bonds. The molecule has 5 nitrogen and oxygen atoms in total. The van der Waals surface area contributed by atoms with Gasteiger partial charge in [0.2, 0.25) is 0 Å². The predicted molar refractivity (Wildman–Crippen MR) is 82.5 cm³/mol. The fraction of sp³-hybridized carbons (Fsp3) is 0.562. The number of nitrogens with zero attached hydrogens (tertiary/aromatic N) is 2. The highest BCUT2D eigenvalue weighted by atomic mass is 16.4. The molecular weight excluding hydrogens is 266 g/mol. The van der Waals surface area contributed by atoms with Gasteiger partial charge >= 0.3 is 5.97 Å². The summed E-state index contributed by atoms with van der Waals surface area (Å²) in [6.07, 6.45) is 11.1. The lowest BCUT2D eigenvalue weighted by Crippen LogP contribution is -1.96. The van der Waals surface area contributed by atoms with Gasteiger partial charge in [-0.25, -0.2) is 14.8 Å². The van der Waals surface area contributed by atoms with E-state index in [0.717, 1.165) is 18.7 Å². The third-order valence-electron chi connectivity index (χ3n) is 3.65. The number of fused-ring (bicyclic) bond motifs is 1. The molecule has 0 aliphatic rings. The largest absolute Gasteiger partial charge is 0.478 e. The van der Waals surface area contributed by atoms with Crippen molar-refractivity contribution in [1.29, 1.82) is 0 Å². The number of imidazole rings is 1. The number of pyridine rings is 1. The number of rotatable bonds is 9. The maximum Gasteiger partial charge on any atom is 0.337 e. The molecule has 2 aromatic rings. The maximum absolute atomic E-state index is 10.9. The molecule has 5 heteroatoms. The monoisotopic (exact) mass is 289 g/mol. The van der Waals surface area contributed by atoms with E-state index in [-0.39, 0.29) is 5.56 Å². The van der Waals surface area contributed by atoms with Crippen molar-refractivity contribution in [3.8, 4) is 0 Å². The van der Waals surface area contributed by atoms with Crippen molar-refractivity contribution >= 4 is 17.1 Å². The van der Waals surface area contributed by atoms with Gasteiger partial charge in [-0.3, -0.25) is 0 Å². The van der Waals surface area contributed by atoms with E-state index in [4.69, 9.17) is 5.11 Å². The Morgan fingerprint density at radius 3 is 2.62 bits per heavy atom. The molecule has 0 saturated carbocycles. The van der Waals surface area contributed by atoms with Gasteiger partial charge < -0.3 is 10.1 Å². The molecular formula is C16H23N3O2. The minimum atomic E-state index is -0.965. The molecule has 2 aromatic heterocycles. The Labute approximate surface area is 124 Å². The van der Waals surface area contributed by atoms with Crippen LogP contribution in [0.3, 0.4) is 0 Å². The van der Waals surface area contributed by atoms with Crippen molar-refractivity contribution < 1.29 is 9.90 Å². The Morgan fingerprint density at radius 2 is 1.90 bits per heavy atom. The van der Waals surface area contributed by atoms with Crippen LogP contribution >= 0.6 is 0 Å². The smallest absolute Gasteiger partial charge is 0.337 e. The lowest BCUT2D eigenvalue weighted by Gasteiger charge is -1.99. The van der Waals surface area contributed by atoms with Crippen molar-refractivity contribution in [2.45, 2.75) is 58.3 Å². The second-order valence-electron chi connectivity index (χ2n) is 5.46. The first kappa shape index (κ1) is 15.5. The van der Waals surface area contributed by atoms with Gasteiger partial charge in [0.25, 0.3) is 0 Å². The molecule has 2 N–H and O–H groups in total. The molecule has 0 aliphatic heterocycles. The van der Waals surface area contributed by atoms with Crippen LogP contribution in [0.15, 0.2) is 12.3 Å². The van der Waals surface area contributed by atoms with Crippen LogP contribution < -0.4 is 0 Å². The summed E-state index contributed by atoms with van der Waals surface area (Å²) in [5.41, 5.74) is 1.49. The van der Waals surface area contributed by atoms with Gasteiger partial charge in [-0.1, -0.05) is 45.4 Å². The second kappa shape index (κ2) is 7.76. The first-order valence-corrected chi connectivity index (χ1v) is 7.78. The fourth-order valence-corrected chi connectivity index (χ4v) is 2.43. The molecule has 0 aliphatic carbocycles. The van der Waals surface area contributed by atoms with E-state index in [0.29, 0.717) is 11.2 Å². The second-order valence-corrected chi connectivity index (χ2v) is 5.46. The van der Waals surface area contributed by atoms with Gasteiger partial charge in [-0.15, -0.1) is 0 Å². The van der Waals surface area contributed by atoms with Crippen LogP contribution in [0.5, 0.6) is 0 Å². The van der Waals surface area contributed by atoms with E-state index in [1.807, 2.05) is 0 Å². The van der Waals surface area contributed by atoms with Crippen LogP contribution in [0.25, 0.3) is 11.2 Å². The Bertz CT molecular complexity index is 592. The molecule has 0 atom stereocenters. The highest BCUT2D eigenvalue weighted by molar-refractivity contribution is 5.90. The number of carbonyl (C=O) groups is 1. The van der Waals surface area contributed by atoms with Gasteiger partial charge in [0, 0.05) is 12.6 Å². The van der Waals surface area contributed by atoms with E-state index in [2.05, 4.69) is 21.9 Å². The summed E-state index contributed by atoms with van der Waals surface area (Å²) in [5.74, 6) is -0.0683. The van der Waals surface area contributed by atoms with E-state index < -0.39 is 5.97 Å². The first-order chi connectivity index (χ1) is 10.2. The van der Waals surface area contributed by atoms with E-state index in [1.54, 1.807) is 6.07 Å². The van der Waals surface area contributed by atoms with Crippen molar-refractivity contribution in [3.63, 3.8) is 0 Å². The Kier molecular flexibility index (Phi) is 5.72. The molecule has 0 bridgehead atoms. The molecule has 0 unspecified atom stereocenters. The van der Waals surface area contributed by atoms with Gasteiger partial charge in [0.05, 0.1) is 11.1 Å². The average molecular weight is 289 g/mol. The minimum Gasteiger partial charge on any atom is -0.478 e. The van der Waals surface area contributed by atoms with E-state index in [1.165, 1.54) is 44.7 Å². The van der Waals surface area contributed by atoms with Gasteiger partial charge in [0.15, 0.2) is 5.65 Å². The lowest BCUT2D eigenvalue weighted by molar-refractivity contribution is 0.0696. The average Bonchev–Trinajstić information content (AvgIpc) is 2.88. The summed E-state index contributed by atoms with van der Waals surface area (Å²) in [5, 5.41) is 8.94. The number of aryl methyl sites for hydroxylation is 1. The molecule has 21 heavy (non-hydrogen) atoms. The van der Waals surface area contributed by atoms with Crippen LogP contribution in [-0.2, 0) is 6.42 Å². The van der Waals surface area contributed by atoms with E-state index in [9.17, 15) is 4.79 Å². The number of unbranched alkanes of at least 4 members (excludes halogenated alkanes) is 6. The number of hydrogen-bond acceptors (Lipinski definition) is 3. The lowest BCUT2D eigenvalue weighted by atomic mass is 10.1. The van der Waals surface area contributed by atoms with Crippen molar-refractivity contribution in [2.75, 3.05) is 0 Å². The Balaban J connectivity index is 1.81. The van der Waals surface area contributed by atoms with Crippen molar-refractivity contribution in [1.82, 2.24) is 15.0 Å². The number of carboxylic acid groups (broad SMARTS) is 1. The Hall–Kier alpha value is -1.91. The maximum atomic E-state index is 10.9. The first-order valence-electron chi connectivity index (χ1n) is 7.78. The topological polar surface area (TPSA) is 78.9 Å². The van der Waals surface area contributed by atoms with Crippen molar-refractivity contribution in [3.05, 3.63) is 23.7 Å². The SMILES string of the molecule is CCCCCCCCCc1nc2ncc(C(=O)O)cc2[nH]1. The third kappa shape index (κ3) is 4.55. The summed E-state index contributed by atoms with van der Waals surface area (Å²) in [4.78, 5) is 22.5. The number of aromatic nitrogens is 3.